The highest BCUT2D eigenvalue weighted by Crippen LogP contribution is 2.73. The standard InChI is InChI=1S/C8H11Cl/c1-4(9)3-6-7-5(2)8(6)7/h4,6-8H,2-3H2,1H3. The van der Waals surface area contributed by atoms with Crippen LogP contribution in [0.4, 0.5) is 0 Å². The molecule has 0 aliphatic heterocycles. The van der Waals surface area contributed by atoms with Crippen molar-refractivity contribution in [2.24, 2.45) is 17.8 Å². The maximum atomic E-state index is 5.82. The maximum Gasteiger partial charge on any atom is 0.0310 e. The van der Waals surface area contributed by atoms with Crippen LogP contribution in [-0.4, -0.2) is 5.38 Å². The predicted octanol–water partition coefficient (Wildman–Crippen LogP) is 2.44. The van der Waals surface area contributed by atoms with Crippen LogP contribution in [0.25, 0.3) is 0 Å². The van der Waals surface area contributed by atoms with E-state index in [2.05, 4.69) is 13.5 Å². The molecule has 0 nitrogen and oxygen atoms in total. The summed E-state index contributed by atoms with van der Waals surface area (Å²) >= 11 is 5.82. The normalized spacial score (nSPS) is 48.2. The largest absolute Gasteiger partial charge is 0.123 e. The lowest BCUT2D eigenvalue weighted by Gasteiger charge is -2.04. The fourth-order valence-electron chi connectivity index (χ4n) is 1.84. The maximum absolute atomic E-state index is 5.82. The number of allylic oxidation sites excluding steroid dienone is 1. The Kier molecular flexibility index (Phi) is 0.993. The lowest BCUT2D eigenvalue weighted by Crippen LogP contribution is -1.98. The third kappa shape index (κ3) is 0.728. The Labute approximate surface area is 60.9 Å². The fourth-order valence-corrected chi connectivity index (χ4v) is 2.04. The van der Waals surface area contributed by atoms with Gasteiger partial charge in [0.15, 0.2) is 0 Å². The molecule has 2 aliphatic rings. The first-order valence-corrected chi connectivity index (χ1v) is 3.98. The third-order valence-corrected chi connectivity index (χ3v) is 2.69. The summed E-state index contributed by atoms with van der Waals surface area (Å²) in [6, 6.07) is 0. The number of hydrogen-bond donors (Lipinski definition) is 0. The molecule has 0 N–H and O–H groups in total. The summed E-state index contributed by atoms with van der Waals surface area (Å²) in [5.74, 6) is 2.75. The van der Waals surface area contributed by atoms with E-state index in [-0.39, 0.29) is 0 Å². The number of alkyl halides is 1. The van der Waals surface area contributed by atoms with Crippen molar-refractivity contribution in [3.63, 3.8) is 0 Å². The van der Waals surface area contributed by atoms with Gasteiger partial charge in [-0.3, -0.25) is 0 Å². The second-order valence-corrected chi connectivity index (χ2v) is 4.05. The Balaban J connectivity index is 1.77. The molecular formula is C8H11Cl. The van der Waals surface area contributed by atoms with Gasteiger partial charge in [0.2, 0.25) is 0 Å². The van der Waals surface area contributed by atoms with Gasteiger partial charge in [-0.2, -0.15) is 0 Å². The van der Waals surface area contributed by atoms with E-state index in [1.54, 1.807) is 0 Å². The van der Waals surface area contributed by atoms with Gasteiger partial charge in [0.05, 0.1) is 0 Å². The van der Waals surface area contributed by atoms with E-state index in [9.17, 15) is 0 Å². The average molecular weight is 143 g/mol. The molecule has 2 rings (SSSR count). The molecule has 0 radical (unpaired) electrons. The number of halogens is 1. The van der Waals surface area contributed by atoms with Crippen LogP contribution in [0.15, 0.2) is 12.2 Å². The van der Waals surface area contributed by atoms with Crippen LogP contribution < -0.4 is 0 Å². The van der Waals surface area contributed by atoms with E-state index < -0.39 is 0 Å². The molecular weight excluding hydrogens is 132 g/mol. The molecule has 0 amide bonds. The van der Waals surface area contributed by atoms with Gasteiger partial charge in [0.25, 0.3) is 0 Å². The Bertz CT molecular complexity index is 148. The van der Waals surface area contributed by atoms with Crippen LogP contribution >= 0.6 is 11.6 Å². The summed E-state index contributed by atoms with van der Waals surface area (Å²) in [5.41, 5.74) is 1.48. The second-order valence-electron chi connectivity index (χ2n) is 3.31. The molecule has 0 aromatic heterocycles. The van der Waals surface area contributed by atoms with Gasteiger partial charge in [0, 0.05) is 5.38 Å². The first kappa shape index (κ1) is 5.79. The molecule has 0 aromatic carbocycles. The van der Waals surface area contributed by atoms with Crippen LogP contribution in [0.1, 0.15) is 13.3 Å². The van der Waals surface area contributed by atoms with Crippen LogP contribution in [0, 0.1) is 17.8 Å². The lowest BCUT2D eigenvalue weighted by molar-refractivity contribution is 0.618. The van der Waals surface area contributed by atoms with Crippen molar-refractivity contribution in [2.75, 3.05) is 0 Å². The van der Waals surface area contributed by atoms with Crippen LogP contribution in [0.5, 0.6) is 0 Å². The van der Waals surface area contributed by atoms with E-state index in [0.29, 0.717) is 5.38 Å². The summed E-state index contributed by atoms with van der Waals surface area (Å²) in [4.78, 5) is 0. The minimum atomic E-state index is 0.371. The second kappa shape index (κ2) is 1.54. The zero-order valence-corrected chi connectivity index (χ0v) is 6.36. The Morgan fingerprint density at radius 1 is 1.67 bits per heavy atom. The van der Waals surface area contributed by atoms with Crippen LogP contribution in [-0.2, 0) is 0 Å². The summed E-state index contributed by atoms with van der Waals surface area (Å²) in [6.07, 6.45) is 1.20. The quantitative estimate of drug-likeness (QED) is 0.411. The van der Waals surface area contributed by atoms with Gasteiger partial charge in [-0.15, -0.1) is 11.6 Å². The number of fused-ring (bicyclic) bond motifs is 1. The summed E-state index contributed by atoms with van der Waals surface area (Å²) in [5, 5.41) is 0.371. The van der Waals surface area contributed by atoms with Gasteiger partial charge >= 0.3 is 0 Å². The van der Waals surface area contributed by atoms with Crippen molar-refractivity contribution in [3.8, 4) is 0 Å². The van der Waals surface area contributed by atoms with Gasteiger partial charge < -0.3 is 0 Å². The molecule has 0 bridgehead atoms. The Morgan fingerprint density at radius 2 is 2.22 bits per heavy atom. The number of rotatable bonds is 2. The van der Waals surface area contributed by atoms with Crippen molar-refractivity contribution < 1.29 is 0 Å². The van der Waals surface area contributed by atoms with Crippen molar-refractivity contribution in [2.45, 2.75) is 18.7 Å². The van der Waals surface area contributed by atoms with E-state index >= 15 is 0 Å². The fraction of sp³-hybridized carbons (Fsp3) is 0.750. The first-order valence-electron chi connectivity index (χ1n) is 3.54. The smallest absolute Gasteiger partial charge is 0.0310 e. The van der Waals surface area contributed by atoms with Crippen LogP contribution in [0.3, 0.4) is 0 Å². The van der Waals surface area contributed by atoms with E-state index in [1.807, 2.05) is 0 Å². The molecule has 3 unspecified atom stereocenters. The zero-order chi connectivity index (χ0) is 6.59. The van der Waals surface area contributed by atoms with Crippen LogP contribution in [0.2, 0.25) is 0 Å². The predicted molar refractivity (Wildman–Crippen MR) is 39.5 cm³/mol. The molecule has 1 heteroatoms. The molecule has 2 fully saturated rings. The van der Waals surface area contributed by atoms with Gasteiger partial charge in [-0.25, -0.2) is 0 Å². The lowest BCUT2D eigenvalue weighted by atomic mass is 10.1. The topological polar surface area (TPSA) is 0 Å². The molecule has 3 atom stereocenters. The Morgan fingerprint density at radius 3 is 2.56 bits per heavy atom. The van der Waals surface area contributed by atoms with Crippen molar-refractivity contribution in [1.29, 1.82) is 0 Å². The molecule has 0 spiro atoms. The van der Waals surface area contributed by atoms with Crippen molar-refractivity contribution >= 4 is 11.6 Å². The van der Waals surface area contributed by atoms with E-state index in [1.165, 1.54) is 12.0 Å². The molecule has 0 saturated heterocycles. The van der Waals surface area contributed by atoms with Gasteiger partial charge in [-0.1, -0.05) is 12.2 Å². The molecule has 2 saturated carbocycles. The highest BCUT2D eigenvalue weighted by Gasteiger charge is 2.67. The van der Waals surface area contributed by atoms with Crippen molar-refractivity contribution in [3.05, 3.63) is 12.2 Å². The highest BCUT2D eigenvalue weighted by atomic mass is 35.5. The molecule has 9 heavy (non-hydrogen) atoms. The monoisotopic (exact) mass is 142 g/mol. The average Bonchev–Trinajstić information content (AvgIpc) is 2.55. The minimum Gasteiger partial charge on any atom is -0.123 e. The third-order valence-electron chi connectivity index (χ3n) is 2.51. The zero-order valence-electron chi connectivity index (χ0n) is 5.60. The molecule has 0 heterocycles. The van der Waals surface area contributed by atoms with Gasteiger partial charge in [0.1, 0.15) is 0 Å². The van der Waals surface area contributed by atoms with E-state index in [0.717, 1.165) is 17.8 Å². The highest BCUT2D eigenvalue weighted by molar-refractivity contribution is 6.20. The first-order chi connectivity index (χ1) is 4.22. The Hall–Kier alpha value is 0.0300. The van der Waals surface area contributed by atoms with E-state index in [4.69, 9.17) is 11.6 Å². The van der Waals surface area contributed by atoms with Gasteiger partial charge in [-0.05, 0) is 31.1 Å². The molecule has 0 aromatic rings. The summed E-state index contributed by atoms with van der Waals surface area (Å²) in [7, 11) is 0. The minimum absolute atomic E-state index is 0.371. The molecule has 50 valence electrons. The summed E-state index contributed by atoms with van der Waals surface area (Å²) in [6.45, 7) is 5.98. The van der Waals surface area contributed by atoms with Crippen molar-refractivity contribution in [1.82, 2.24) is 0 Å². The summed E-state index contributed by atoms with van der Waals surface area (Å²) < 4.78 is 0. The number of hydrogen-bond acceptors (Lipinski definition) is 0. The SMILES string of the molecule is C=C1C2C(CC(C)Cl)C12. The molecule has 2 aliphatic carbocycles.